The predicted octanol–water partition coefficient (Wildman–Crippen LogP) is 4.68. The van der Waals surface area contributed by atoms with Gasteiger partial charge in [0.25, 0.3) is 0 Å². The van der Waals surface area contributed by atoms with Crippen LogP contribution < -0.4 is 15.7 Å². The molecule has 5 nitrogen and oxygen atoms in total. The highest BCUT2D eigenvalue weighted by Gasteiger charge is 2.38. The van der Waals surface area contributed by atoms with Crippen molar-refractivity contribution in [2.45, 2.75) is 50.3 Å². The van der Waals surface area contributed by atoms with Crippen LogP contribution in [0.25, 0.3) is 5.69 Å². The lowest BCUT2D eigenvalue weighted by molar-refractivity contribution is 0.153. The zero-order valence-electron chi connectivity index (χ0n) is 17.7. The van der Waals surface area contributed by atoms with Gasteiger partial charge in [-0.25, -0.2) is 13.6 Å². The molecule has 0 radical (unpaired) electrons. The highest BCUT2D eigenvalue weighted by Crippen LogP contribution is 2.40. The Morgan fingerprint density at radius 1 is 1.09 bits per heavy atom. The molecule has 2 aliphatic carbocycles. The molecule has 2 aliphatic rings. The second-order valence-electron chi connectivity index (χ2n) is 8.63. The Kier molecular flexibility index (Phi) is 5.55. The minimum absolute atomic E-state index is 0.0502. The zero-order chi connectivity index (χ0) is 22.4. The van der Waals surface area contributed by atoms with Gasteiger partial charge in [0, 0.05) is 42.1 Å². The molecule has 3 aromatic rings. The molecule has 5 rings (SSSR count). The Labute approximate surface area is 189 Å². The van der Waals surface area contributed by atoms with Crippen molar-refractivity contribution in [2.24, 2.45) is 7.05 Å². The largest absolute Gasteiger partial charge is 0.481 e. The van der Waals surface area contributed by atoms with Gasteiger partial charge in [-0.15, -0.1) is 0 Å². The molecule has 0 bridgehead atoms. The molecule has 1 heterocycles. The van der Waals surface area contributed by atoms with Crippen molar-refractivity contribution in [3.8, 4) is 11.4 Å². The van der Waals surface area contributed by atoms with Crippen molar-refractivity contribution >= 4 is 11.6 Å². The molecule has 8 heteroatoms. The quantitative estimate of drug-likeness (QED) is 0.602. The number of aromatic nitrogens is 2. The molecule has 2 aromatic carbocycles. The third-order valence-corrected chi connectivity index (χ3v) is 6.71. The Morgan fingerprint density at radius 3 is 2.56 bits per heavy atom. The van der Waals surface area contributed by atoms with E-state index in [4.69, 9.17) is 16.3 Å². The van der Waals surface area contributed by atoms with E-state index in [9.17, 15) is 9.18 Å². The summed E-state index contributed by atoms with van der Waals surface area (Å²) in [5.41, 5.74) is 1.34. The number of nitrogens with zero attached hydrogens (tertiary/aromatic N) is 2. The first-order valence-corrected chi connectivity index (χ1v) is 11.2. The SMILES string of the molecule is Cn1ccn(-c2ccc(OC3c4cc(Cl)cc(F)c4CC3NC3CCCC3)c(F)c2)c1=O. The molecule has 0 spiro atoms. The summed E-state index contributed by atoms with van der Waals surface area (Å²) in [7, 11) is 1.63. The summed E-state index contributed by atoms with van der Waals surface area (Å²) < 4.78 is 38.6. The van der Waals surface area contributed by atoms with E-state index in [0.29, 0.717) is 29.3 Å². The Hall–Kier alpha value is -2.64. The molecule has 0 aliphatic heterocycles. The number of rotatable bonds is 5. The van der Waals surface area contributed by atoms with Crippen LogP contribution in [0.4, 0.5) is 8.78 Å². The van der Waals surface area contributed by atoms with Crippen LogP contribution in [-0.4, -0.2) is 21.2 Å². The van der Waals surface area contributed by atoms with Gasteiger partial charge in [-0.05, 0) is 49.1 Å². The van der Waals surface area contributed by atoms with Crippen LogP contribution in [0, 0.1) is 11.6 Å². The summed E-state index contributed by atoms with van der Waals surface area (Å²) in [6, 6.07) is 7.58. The molecule has 1 aromatic heterocycles. The topological polar surface area (TPSA) is 48.2 Å². The number of ether oxygens (including phenoxy) is 1. The van der Waals surface area contributed by atoms with Crippen LogP contribution in [0.3, 0.4) is 0 Å². The second kappa shape index (κ2) is 8.37. The summed E-state index contributed by atoms with van der Waals surface area (Å²) >= 11 is 6.13. The highest BCUT2D eigenvalue weighted by atomic mass is 35.5. The van der Waals surface area contributed by atoms with E-state index in [-0.39, 0.29) is 28.3 Å². The maximum atomic E-state index is 15.0. The van der Waals surface area contributed by atoms with Crippen LogP contribution in [0.2, 0.25) is 5.02 Å². The fourth-order valence-electron chi connectivity index (χ4n) is 4.86. The summed E-state index contributed by atoms with van der Waals surface area (Å²) in [5.74, 6) is -0.904. The van der Waals surface area contributed by atoms with Gasteiger partial charge in [0.1, 0.15) is 11.9 Å². The van der Waals surface area contributed by atoms with Gasteiger partial charge in [-0.3, -0.25) is 4.57 Å². The lowest BCUT2D eigenvalue weighted by atomic mass is 10.1. The normalized spacial score (nSPS) is 20.6. The van der Waals surface area contributed by atoms with Gasteiger partial charge in [0.15, 0.2) is 11.6 Å². The fraction of sp³-hybridized carbons (Fsp3) is 0.375. The zero-order valence-corrected chi connectivity index (χ0v) is 18.4. The number of benzene rings is 2. The van der Waals surface area contributed by atoms with Gasteiger partial charge in [-0.1, -0.05) is 24.4 Å². The maximum Gasteiger partial charge on any atom is 0.332 e. The predicted molar refractivity (Wildman–Crippen MR) is 119 cm³/mol. The molecule has 2 atom stereocenters. The minimum atomic E-state index is -0.589. The minimum Gasteiger partial charge on any atom is -0.481 e. The fourth-order valence-corrected chi connectivity index (χ4v) is 5.07. The first-order valence-electron chi connectivity index (χ1n) is 10.8. The lowest BCUT2D eigenvalue weighted by Crippen LogP contribution is -2.41. The van der Waals surface area contributed by atoms with Gasteiger partial charge in [0.2, 0.25) is 0 Å². The summed E-state index contributed by atoms with van der Waals surface area (Å²) in [6.45, 7) is 0. The van der Waals surface area contributed by atoms with Gasteiger partial charge in [-0.2, -0.15) is 0 Å². The molecule has 1 fully saturated rings. The van der Waals surface area contributed by atoms with Crippen molar-refractivity contribution in [1.82, 2.24) is 14.5 Å². The molecule has 32 heavy (non-hydrogen) atoms. The number of aryl methyl sites for hydroxylation is 1. The molecular weight excluding hydrogens is 436 g/mol. The van der Waals surface area contributed by atoms with Crippen molar-refractivity contribution in [2.75, 3.05) is 0 Å². The number of hydrogen-bond donors (Lipinski definition) is 1. The van der Waals surface area contributed by atoms with Crippen molar-refractivity contribution in [3.63, 3.8) is 0 Å². The van der Waals surface area contributed by atoms with E-state index in [1.54, 1.807) is 31.6 Å². The smallest absolute Gasteiger partial charge is 0.332 e. The highest BCUT2D eigenvalue weighted by molar-refractivity contribution is 6.30. The van der Waals surface area contributed by atoms with E-state index < -0.39 is 11.9 Å². The second-order valence-corrected chi connectivity index (χ2v) is 9.07. The van der Waals surface area contributed by atoms with E-state index in [1.165, 1.54) is 27.3 Å². The monoisotopic (exact) mass is 459 g/mol. The summed E-state index contributed by atoms with van der Waals surface area (Å²) in [6.07, 6.45) is 7.54. The Bertz CT molecular complexity index is 1220. The standard InChI is InChI=1S/C24H24ClF2N3O2/c1-29-8-9-30(24(29)31)16-6-7-22(20(27)12-16)32-23-18-10-14(25)11-19(26)17(18)13-21(23)28-15-4-2-3-5-15/h6-12,15,21,23,28H,2-5,13H2,1H3. The molecular formula is C24H24ClF2N3O2. The lowest BCUT2D eigenvalue weighted by Gasteiger charge is -2.26. The van der Waals surface area contributed by atoms with Gasteiger partial charge >= 0.3 is 5.69 Å². The summed E-state index contributed by atoms with van der Waals surface area (Å²) in [5, 5.41) is 3.89. The molecule has 2 unspecified atom stereocenters. The van der Waals surface area contributed by atoms with Crippen LogP contribution in [0.5, 0.6) is 5.75 Å². The van der Waals surface area contributed by atoms with E-state index in [1.807, 2.05) is 0 Å². The number of nitrogens with one attached hydrogen (secondary N) is 1. The van der Waals surface area contributed by atoms with Crippen LogP contribution in [-0.2, 0) is 13.5 Å². The van der Waals surface area contributed by atoms with Crippen molar-refractivity contribution < 1.29 is 13.5 Å². The Morgan fingerprint density at radius 2 is 1.88 bits per heavy atom. The summed E-state index contributed by atoms with van der Waals surface area (Å²) in [4.78, 5) is 12.2. The van der Waals surface area contributed by atoms with Crippen molar-refractivity contribution in [3.05, 3.63) is 81.0 Å². The number of fused-ring (bicyclic) bond motifs is 1. The van der Waals surface area contributed by atoms with E-state index in [2.05, 4.69) is 5.32 Å². The van der Waals surface area contributed by atoms with Crippen LogP contribution in [0.15, 0.2) is 47.5 Å². The first-order chi connectivity index (χ1) is 15.4. The van der Waals surface area contributed by atoms with Crippen LogP contribution >= 0.6 is 11.6 Å². The van der Waals surface area contributed by atoms with E-state index in [0.717, 1.165) is 25.7 Å². The molecule has 0 saturated heterocycles. The van der Waals surface area contributed by atoms with Gasteiger partial charge < -0.3 is 14.6 Å². The maximum absolute atomic E-state index is 15.0. The molecule has 0 amide bonds. The number of halogens is 3. The third kappa shape index (κ3) is 3.84. The Balaban J connectivity index is 1.46. The number of hydrogen-bond acceptors (Lipinski definition) is 3. The van der Waals surface area contributed by atoms with Crippen LogP contribution in [0.1, 0.15) is 42.9 Å². The number of imidazole rings is 1. The third-order valence-electron chi connectivity index (χ3n) is 6.49. The molecule has 168 valence electrons. The molecule has 1 saturated carbocycles. The molecule has 1 N–H and O–H groups in total. The average molecular weight is 460 g/mol. The average Bonchev–Trinajstić information content (AvgIpc) is 3.46. The van der Waals surface area contributed by atoms with E-state index >= 15 is 4.39 Å². The first kappa shape index (κ1) is 21.2. The van der Waals surface area contributed by atoms with Gasteiger partial charge in [0.05, 0.1) is 11.7 Å². The van der Waals surface area contributed by atoms with Crippen molar-refractivity contribution in [1.29, 1.82) is 0 Å².